The van der Waals surface area contributed by atoms with Gasteiger partial charge in [0.1, 0.15) is 0 Å². The van der Waals surface area contributed by atoms with Crippen molar-refractivity contribution < 1.29 is 4.79 Å². The Bertz CT molecular complexity index is 200. The molecule has 1 rings (SSSR count). The maximum absolute atomic E-state index is 11.8. The lowest BCUT2D eigenvalue weighted by Crippen LogP contribution is -2.56. The van der Waals surface area contributed by atoms with Gasteiger partial charge >= 0.3 is 0 Å². The van der Waals surface area contributed by atoms with E-state index in [1.807, 2.05) is 0 Å². The number of amides is 1. The first kappa shape index (κ1) is 12.5. The number of hydrogen-bond donors (Lipinski definition) is 2. The Labute approximate surface area is 92.0 Å². The Morgan fingerprint density at radius 2 is 2.07 bits per heavy atom. The maximum atomic E-state index is 11.8. The van der Waals surface area contributed by atoms with Crippen molar-refractivity contribution in [1.82, 2.24) is 10.9 Å². The number of carbonyl (C=O) groups excluding carboxylic acids is 1. The van der Waals surface area contributed by atoms with Gasteiger partial charge < -0.3 is 5.73 Å². The summed E-state index contributed by atoms with van der Waals surface area (Å²) in [6, 6.07) is 0. The summed E-state index contributed by atoms with van der Waals surface area (Å²) in [6.07, 6.45) is 6.99. The molecule has 1 radical (unpaired) electrons. The molecule has 3 N–H and O–H groups in total. The zero-order chi connectivity index (χ0) is 11.1. The van der Waals surface area contributed by atoms with Crippen LogP contribution in [0.4, 0.5) is 0 Å². The highest BCUT2D eigenvalue weighted by Crippen LogP contribution is 2.25. The van der Waals surface area contributed by atoms with Crippen molar-refractivity contribution in [3.63, 3.8) is 0 Å². The molecule has 15 heavy (non-hydrogen) atoms. The Kier molecular flexibility index (Phi) is 5.05. The highest BCUT2D eigenvalue weighted by Gasteiger charge is 2.35. The third-order valence-corrected chi connectivity index (χ3v) is 3.00. The molecule has 0 aromatic carbocycles. The van der Waals surface area contributed by atoms with E-state index in [0.717, 1.165) is 38.5 Å². The molecule has 87 valence electrons. The van der Waals surface area contributed by atoms with E-state index in [4.69, 9.17) is 5.73 Å². The fourth-order valence-electron chi connectivity index (χ4n) is 1.89. The van der Waals surface area contributed by atoms with Crippen LogP contribution in [0, 0.1) is 0 Å². The Hall–Kier alpha value is -0.610. The van der Waals surface area contributed by atoms with Gasteiger partial charge in [-0.15, -0.1) is 5.43 Å². The smallest absolute Gasteiger partial charge is 0.255 e. The van der Waals surface area contributed by atoms with E-state index in [-0.39, 0.29) is 5.91 Å². The summed E-state index contributed by atoms with van der Waals surface area (Å²) in [5, 5.41) is 0. The third-order valence-electron chi connectivity index (χ3n) is 3.00. The lowest BCUT2D eigenvalue weighted by molar-refractivity contribution is -0.128. The summed E-state index contributed by atoms with van der Waals surface area (Å²) >= 11 is 0. The van der Waals surface area contributed by atoms with Crippen LogP contribution in [0.3, 0.4) is 0 Å². The third kappa shape index (κ3) is 3.80. The molecule has 0 bridgehead atoms. The molecule has 0 atom stereocenters. The molecule has 1 saturated carbocycles. The van der Waals surface area contributed by atoms with Crippen molar-refractivity contribution in [1.29, 1.82) is 0 Å². The van der Waals surface area contributed by atoms with E-state index in [9.17, 15) is 4.79 Å². The quantitative estimate of drug-likeness (QED) is 0.529. The molecule has 0 saturated heterocycles. The summed E-state index contributed by atoms with van der Waals surface area (Å²) < 4.78 is 0. The first-order valence-electron chi connectivity index (χ1n) is 5.95. The van der Waals surface area contributed by atoms with Crippen molar-refractivity contribution in [2.24, 2.45) is 5.73 Å². The first-order chi connectivity index (χ1) is 7.19. The van der Waals surface area contributed by atoms with Gasteiger partial charge in [0.2, 0.25) is 0 Å². The van der Waals surface area contributed by atoms with Gasteiger partial charge in [-0.05, 0) is 19.3 Å². The number of rotatable bonds is 5. The molecule has 0 spiro atoms. The minimum atomic E-state index is -0.659. The normalized spacial score (nSPS) is 19.9. The van der Waals surface area contributed by atoms with Crippen LogP contribution in [0.25, 0.3) is 0 Å². The zero-order valence-corrected chi connectivity index (χ0v) is 9.59. The molecule has 0 aromatic heterocycles. The van der Waals surface area contributed by atoms with Crippen LogP contribution < -0.4 is 16.6 Å². The molecule has 0 aromatic rings. The number of hydrogen-bond acceptors (Lipinski definition) is 2. The molecule has 4 heteroatoms. The second-order valence-corrected chi connectivity index (χ2v) is 4.39. The molecule has 4 nitrogen and oxygen atoms in total. The summed E-state index contributed by atoms with van der Waals surface area (Å²) in [4.78, 5) is 11.8. The van der Waals surface area contributed by atoms with E-state index >= 15 is 0 Å². The second kappa shape index (κ2) is 6.08. The van der Waals surface area contributed by atoms with Gasteiger partial charge in [0.05, 0.1) is 5.54 Å². The molecular formula is C11H22N3O. The maximum Gasteiger partial charge on any atom is 0.255 e. The molecule has 1 aliphatic rings. The SMILES string of the molecule is CCCC[N]NC(=O)C1(N)CCCCC1. The molecular weight excluding hydrogens is 190 g/mol. The number of nitrogens with one attached hydrogen (secondary N) is 1. The number of nitrogens with zero attached hydrogens (tertiary/aromatic N) is 1. The lowest BCUT2D eigenvalue weighted by atomic mass is 9.82. The predicted molar refractivity (Wildman–Crippen MR) is 60.1 cm³/mol. The topological polar surface area (TPSA) is 69.2 Å². The van der Waals surface area contributed by atoms with Crippen LogP contribution in [-0.4, -0.2) is 18.0 Å². The van der Waals surface area contributed by atoms with Crippen LogP contribution in [-0.2, 0) is 4.79 Å². The molecule has 0 heterocycles. The van der Waals surface area contributed by atoms with Crippen LogP contribution >= 0.6 is 0 Å². The summed E-state index contributed by atoms with van der Waals surface area (Å²) in [6.45, 7) is 2.79. The molecule has 0 unspecified atom stereocenters. The Morgan fingerprint density at radius 3 is 2.67 bits per heavy atom. The second-order valence-electron chi connectivity index (χ2n) is 4.39. The van der Waals surface area contributed by atoms with Gasteiger partial charge in [0.25, 0.3) is 5.91 Å². The van der Waals surface area contributed by atoms with Crippen LogP contribution in [0.2, 0.25) is 0 Å². The monoisotopic (exact) mass is 212 g/mol. The van der Waals surface area contributed by atoms with Gasteiger partial charge in [-0.25, -0.2) is 0 Å². The van der Waals surface area contributed by atoms with Gasteiger partial charge in [-0.3, -0.25) is 10.2 Å². The molecule has 1 amide bonds. The minimum absolute atomic E-state index is 0.0988. The highest BCUT2D eigenvalue weighted by atomic mass is 16.2. The summed E-state index contributed by atoms with van der Waals surface area (Å²) in [7, 11) is 0. The summed E-state index contributed by atoms with van der Waals surface area (Å²) in [5.41, 5.74) is 12.0. The lowest BCUT2D eigenvalue weighted by Gasteiger charge is -2.31. The van der Waals surface area contributed by atoms with Crippen molar-refractivity contribution in [3.8, 4) is 0 Å². The van der Waals surface area contributed by atoms with Crippen LogP contribution in [0.5, 0.6) is 0 Å². The molecule has 1 aliphatic carbocycles. The van der Waals surface area contributed by atoms with E-state index in [0.29, 0.717) is 6.54 Å². The number of carbonyl (C=O) groups is 1. The molecule has 1 fully saturated rings. The van der Waals surface area contributed by atoms with E-state index < -0.39 is 5.54 Å². The van der Waals surface area contributed by atoms with Crippen molar-refractivity contribution in [3.05, 3.63) is 0 Å². The average molecular weight is 212 g/mol. The van der Waals surface area contributed by atoms with Gasteiger partial charge in [0.15, 0.2) is 0 Å². The van der Waals surface area contributed by atoms with Crippen molar-refractivity contribution in [2.75, 3.05) is 6.54 Å². The van der Waals surface area contributed by atoms with Crippen LogP contribution in [0.1, 0.15) is 51.9 Å². The van der Waals surface area contributed by atoms with Crippen molar-refractivity contribution >= 4 is 5.91 Å². The van der Waals surface area contributed by atoms with E-state index in [1.54, 1.807) is 0 Å². The first-order valence-corrected chi connectivity index (χ1v) is 5.95. The predicted octanol–water partition coefficient (Wildman–Crippen LogP) is 1.08. The number of nitrogens with two attached hydrogens (primary N) is 1. The Morgan fingerprint density at radius 1 is 1.40 bits per heavy atom. The summed E-state index contributed by atoms with van der Waals surface area (Å²) in [5.74, 6) is -0.0988. The average Bonchev–Trinajstić information content (AvgIpc) is 2.25. The largest absolute Gasteiger partial charge is 0.317 e. The minimum Gasteiger partial charge on any atom is -0.317 e. The van der Waals surface area contributed by atoms with Crippen molar-refractivity contribution in [2.45, 2.75) is 57.4 Å². The standard InChI is InChI=1S/C11H22N3O/c1-2-3-9-13-14-10(15)11(12)7-5-4-6-8-11/h2-9,12H2,1H3,(H,14,15). The molecule has 0 aliphatic heterocycles. The highest BCUT2D eigenvalue weighted by molar-refractivity contribution is 5.85. The fraction of sp³-hybridized carbons (Fsp3) is 0.909. The van der Waals surface area contributed by atoms with Gasteiger partial charge in [-0.2, -0.15) is 0 Å². The fourth-order valence-corrected chi connectivity index (χ4v) is 1.89. The zero-order valence-electron chi connectivity index (χ0n) is 9.59. The number of unbranched alkanes of at least 4 members (excludes halogenated alkanes) is 1. The van der Waals surface area contributed by atoms with E-state index in [2.05, 4.69) is 17.8 Å². The van der Waals surface area contributed by atoms with E-state index in [1.165, 1.54) is 6.42 Å². The Balaban J connectivity index is 2.25. The van der Waals surface area contributed by atoms with Gasteiger partial charge in [0, 0.05) is 6.54 Å². The van der Waals surface area contributed by atoms with Crippen LogP contribution in [0.15, 0.2) is 0 Å². The van der Waals surface area contributed by atoms with Gasteiger partial charge in [-0.1, -0.05) is 32.6 Å².